The van der Waals surface area contributed by atoms with Crippen molar-refractivity contribution in [2.45, 2.75) is 46.1 Å². The molecule has 5 heteroatoms. The fourth-order valence-electron chi connectivity index (χ4n) is 3.25. The van der Waals surface area contributed by atoms with Crippen LogP contribution in [0.4, 0.5) is 0 Å². The minimum absolute atomic E-state index is 0. The second-order valence-corrected chi connectivity index (χ2v) is 6.81. The molecule has 1 saturated carbocycles. The summed E-state index contributed by atoms with van der Waals surface area (Å²) in [4.78, 5) is 12.7. The minimum Gasteiger partial charge on any atom is -0.450 e. The van der Waals surface area contributed by atoms with E-state index in [2.05, 4.69) is 11.4 Å². The van der Waals surface area contributed by atoms with Gasteiger partial charge in [-0.25, -0.2) is 0 Å². The van der Waals surface area contributed by atoms with E-state index < -0.39 is 0 Å². The molecule has 1 unspecified atom stereocenters. The molecule has 23 heavy (non-hydrogen) atoms. The van der Waals surface area contributed by atoms with Gasteiger partial charge >= 0.3 is 0 Å². The number of carbonyl (C=O) groups excluding carboxylic acids is 1. The molecule has 126 valence electrons. The van der Waals surface area contributed by atoms with Crippen LogP contribution < -0.4 is 11.1 Å². The molecule has 0 spiro atoms. The lowest BCUT2D eigenvalue weighted by atomic mass is 9.95. The standard InChI is InChI=1S/C18H24N2O2.ClH/c1-10-5-6-11(2)15-14(10)12(3)16(22-15)17(21)20-18(4,9-19)13-7-8-13;/h5-6,13H,7-9,19H2,1-4H3,(H,20,21);1H. The maximum Gasteiger partial charge on any atom is 0.287 e. The molecule has 1 atom stereocenters. The Morgan fingerprint density at radius 2 is 1.91 bits per heavy atom. The molecule has 0 aliphatic heterocycles. The summed E-state index contributed by atoms with van der Waals surface area (Å²) in [5.74, 6) is 0.731. The van der Waals surface area contributed by atoms with Crippen LogP contribution in [0.5, 0.6) is 0 Å². The number of rotatable bonds is 4. The first-order chi connectivity index (χ1) is 10.4. The average molecular weight is 337 g/mol. The molecule has 1 aromatic carbocycles. The van der Waals surface area contributed by atoms with Crippen molar-refractivity contribution in [3.8, 4) is 0 Å². The summed E-state index contributed by atoms with van der Waals surface area (Å²) in [5.41, 5.74) is 9.44. The second kappa shape index (κ2) is 6.17. The zero-order valence-corrected chi connectivity index (χ0v) is 15.0. The Morgan fingerprint density at radius 3 is 2.43 bits per heavy atom. The van der Waals surface area contributed by atoms with E-state index >= 15 is 0 Å². The van der Waals surface area contributed by atoms with Crippen LogP contribution in [-0.2, 0) is 0 Å². The van der Waals surface area contributed by atoms with Crippen molar-refractivity contribution < 1.29 is 9.21 Å². The number of halogens is 1. The van der Waals surface area contributed by atoms with E-state index in [-0.39, 0.29) is 23.9 Å². The first kappa shape index (κ1) is 17.8. The number of aryl methyl sites for hydroxylation is 3. The maximum absolute atomic E-state index is 12.7. The molecule has 0 saturated heterocycles. The molecule has 2 aromatic rings. The summed E-state index contributed by atoms with van der Waals surface area (Å²) in [6, 6.07) is 4.09. The number of fused-ring (bicyclic) bond motifs is 1. The Balaban J connectivity index is 0.00000192. The highest BCUT2D eigenvalue weighted by Gasteiger charge is 2.42. The quantitative estimate of drug-likeness (QED) is 0.895. The number of nitrogens with one attached hydrogen (secondary N) is 1. The molecule has 1 heterocycles. The predicted octanol–water partition coefficient (Wildman–Crippen LogP) is 3.64. The van der Waals surface area contributed by atoms with Gasteiger partial charge in [0.1, 0.15) is 5.58 Å². The van der Waals surface area contributed by atoms with Crippen LogP contribution in [0.3, 0.4) is 0 Å². The third kappa shape index (κ3) is 2.98. The van der Waals surface area contributed by atoms with Crippen LogP contribution >= 0.6 is 12.4 Å². The summed E-state index contributed by atoms with van der Waals surface area (Å²) in [6.07, 6.45) is 2.26. The molecule has 1 aliphatic carbocycles. The Kier molecular flexibility index (Phi) is 4.79. The number of benzene rings is 1. The Bertz CT molecular complexity index is 749. The van der Waals surface area contributed by atoms with Gasteiger partial charge in [-0.2, -0.15) is 0 Å². The van der Waals surface area contributed by atoms with Crippen LogP contribution in [-0.4, -0.2) is 18.0 Å². The number of hydrogen-bond acceptors (Lipinski definition) is 3. The number of furan rings is 1. The van der Waals surface area contributed by atoms with Crippen LogP contribution in [0, 0.1) is 26.7 Å². The largest absolute Gasteiger partial charge is 0.450 e. The van der Waals surface area contributed by atoms with Crippen molar-refractivity contribution >= 4 is 29.3 Å². The normalized spacial score (nSPS) is 16.7. The Labute approximate surface area is 143 Å². The molecule has 3 rings (SSSR count). The van der Waals surface area contributed by atoms with Gasteiger partial charge in [-0.15, -0.1) is 12.4 Å². The van der Waals surface area contributed by atoms with E-state index in [1.54, 1.807) is 0 Å². The highest BCUT2D eigenvalue weighted by Crippen LogP contribution is 2.39. The van der Waals surface area contributed by atoms with Gasteiger partial charge in [0.25, 0.3) is 5.91 Å². The summed E-state index contributed by atoms with van der Waals surface area (Å²) in [5, 5.41) is 4.15. The molecule has 0 radical (unpaired) electrons. The Hall–Kier alpha value is -1.52. The zero-order valence-electron chi connectivity index (χ0n) is 14.2. The van der Waals surface area contributed by atoms with Crippen LogP contribution in [0.25, 0.3) is 11.0 Å². The van der Waals surface area contributed by atoms with Gasteiger partial charge in [0.05, 0.1) is 5.54 Å². The summed E-state index contributed by atoms with van der Waals surface area (Å²) < 4.78 is 5.91. The number of amides is 1. The predicted molar refractivity (Wildman–Crippen MR) is 95.3 cm³/mol. The number of hydrogen-bond donors (Lipinski definition) is 2. The van der Waals surface area contributed by atoms with Gasteiger partial charge in [0.15, 0.2) is 5.76 Å². The van der Waals surface area contributed by atoms with E-state index in [1.165, 1.54) is 0 Å². The van der Waals surface area contributed by atoms with Crippen molar-refractivity contribution in [2.24, 2.45) is 11.7 Å². The SMILES string of the molecule is Cc1ccc(C)c2c(C)c(C(=O)NC(C)(CN)C3CC3)oc12.Cl. The molecular formula is C18H25ClN2O2. The topological polar surface area (TPSA) is 68.3 Å². The zero-order chi connectivity index (χ0) is 16.1. The van der Waals surface area contributed by atoms with Crippen LogP contribution in [0.2, 0.25) is 0 Å². The van der Waals surface area contributed by atoms with Gasteiger partial charge in [-0.1, -0.05) is 12.1 Å². The highest BCUT2D eigenvalue weighted by atomic mass is 35.5. The molecular weight excluding hydrogens is 312 g/mol. The summed E-state index contributed by atoms with van der Waals surface area (Å²) in [6.45, 7) is 8.46. The first-order valence-electron chi connectivity index (χ1n) is 7.89. The lowest BCUT2D eigenvalue weighted by Crippen LogP contribution is -2.53. The van der Waals surface area contributed by atoms with Gasteiger partial charge in [0.2, 0.25) is 0 Å². The average Bonchev–Trinajstić information content (AvgIpc) is 3.27. The summed E-state index contributed by atoms with van der Waals surface area (Å²) >= 11 is 0. The molecule has 0 bridgehead atoms. The number of carbonyl (C=O) groups is 1. The molecule has 4 nitrogen and oxygen atoms in total. The third-order valence-electron chi connectivity index (χ3n) is 4.99. The lowest BCUT2D eigenvalue weighted by molar-refractivity contribution is 0.0870. The second-order valence-electron chi connectivity index (χ2n) is 6.81. The van der Waals surface area contributed by atoms with Crippen LogP contribution in [0.1, 0.15) is 47.0 Å². The highest BCUT2D eigenvalue weighted by molar-refractivity contribution is 6.00. The lowest BCUT2D eigenvalue weighted by Gasteiger charge is -2.29. The minimum atomic E-state index is -0.341. The molecule has 1 aromatic heterocycles. The van der Waals surface area contributed by atoms with Crippen molar-refractivity contribution in [1.82, 2.24) is 5.32 Å². The van der Waals surface area contributed by atoms with Crippen molar-refractivity contribution in [1.29, 1.82) is 0 Å². The fourth-order valence-corrected chi connectivity index (χ4v) is 3.25. The Morgan fingerprint density at radius 1 is 1.30 bits per heavy atom. The van der Waals surface area contributed by atoms with E-state index in [4.69, 9.17) is 10.2 Å². The molecule has 3 N–H and O–H groups in total. The van der Waals surface area contributed by atoms with Crippen molar-refractivity contribution in [2.75, 3.05) is 6.54 Å². The first-order valence-corrected chi connectivity index (χ1v) is 7.89. The third-order valence-corrected chi connectivity index (χ3v) is 4.99. The smallest absolute Gasteiger partial charge is 0.287 e. The van der Waals surface area contributed by atoms with E-state index in [9.17, 15) is 4.79 Å². The van der Waals surface area contributed by atoms with E-state index in [0.717, 1.165) is 40.5 Å². The monoisotopic (exact) mass is 336 g/mol. The van der Waals surface area contributed by atoms with Gasteiger partial charge in [0, 0.05) is 17.5 Å². The van der Waals surface area contributed by atoms with E-state index in [0.29, 0.717) is 18.2 Å². The number of nitrogens with two attached hydrogens (primary N) is 1. The van der Waals surface area contributed by atoms with Crippen molar-refractivity contribution in [3.05, 3.63) is 34.6 Å². The summed E-state index contributed by atoms with van der Waals surface area (Å²) in [7, 11) is 0. The van der Waals surface area contributed by atoms with Crippen LogP contribution in [0.15, 0.2) is 16.5 Å². The molecule has 1 aliphatic rings. The van der Waals surface area contributed by atoms with Crippen molar-refractivity contribution in [3.63, 3.8) is 0 Å². The van der Waals surface area contributed by atoms with Gasteiger partial charge in [-0.3, -0.25) is 4.79 Å². The van der Waals surface area contributed by atoms with E-state index in [1.807, 2.05) is 33.8 Å². The molecule has 1 amide bonds. The maximum atomic E-state index is 12.7. The molecule has 1 fully saturated rings. The fraction of sp³-hybridized carbons (Fsp3) is 0.500. The van der Waals surface area contributed by atoms with Gasteiger partial charge in [-0.05, 0) is 57.6 Å². The van der Waals surface area contributed by atoms with Gasteiger partial charge < -0.3 is 15.5 Å².